The standard InChI is InChI=1S/C12H18O4/c1-5-16-11(15)7(2)6-8-9(10(13)14)12(8,3)4/h6,8-9H,5H2,1-4H3,(H,13,14)/b7-6-/t8-,9-/m0/s1. The lowest BCUT2D eigenvalue weighted by Crippen LogP contribution is -2.06. The van der Waals surface area contributed by atoms with Crippen molar-refractivity contribution >= 4 is 11.9 Å². The smallest absolute Gasteiger partial charge is 0.333 e. The van der Waals surface area contributed by atoms with Gasteiger partial charge in [-0.1, -0.05) is 19.9 Å². The molecule has 4 nitrogen and oxygen atoms in total. The predicted octanol–water partition coefficient (Wildman–Crippen LogP) is 1.85. The van der Waals surface area contributed by atoms with Gasteiger partial charge in [0.1, 0.15) is 0 Å². The number of hydrogen-bond donors (Lipinski definition) is 1. The van der Waals surface area contributed by atoms with Crippen molar-refractivity contribution < 1.29 is 19.4 Å². The molecule has 2 atom stereocenters. The first-order chi connectivity index (χ1) is 7.32. The number of allylic oxidation sites excluding steroid dienone is 1. The molecule has 0 saturated heterocycles. The lowest BCUT2D eigenvalue weighted by Gasteiger charge is -2.02. The van der Waals surface area contributed by atoms with E-state index in [1.807, 2.05) is 13.8 Å². The van der Waals surface area contributed by atoms with Crippen LogP contribution in [-0.2, 0) is 14.3 Å². The summed E-state index contributed by atoms with van der Waals surface area (Å²) in [7, 11) is 0. The molecule has 0 aromatic heterocycles. The molecule has 16 heavy (non-hydrogen) atoms. The van der Waals surface area contributed by atoms with Crippen molar-refractivity contribution in [1.82, 2.24) is 0 Å². The van der Waals surface area contributed by atoms with E-state index in [-0.39, 0.29) is 17.3 Å². The van der Waals surface area contributed by atoms with Crippen LogP contribution < -0.4 is 0 Å². The Bertz CT molecular complexity index is 341. The minimum absolute atomic E-state index is 0.0746. The average Bonchev–Trinajstić information content (AvgIpc) is 2.68. The highest BCUT2D eigenvalue weighted by Crippen LogP contribution is 2.59. The van der Waals surface area contributed by atoms with Gasteiger partial charge in [0, 0.05) is 5.57 Å². The van der Waals surface area contributed by atoms with Gasteiger partial charge in [0.05, 0.1) is 12.5 Å². The van der Waals surface area contributed by atoms with Crippen molar-refractivity contribution in [2.45, 2.75) is 27.7 Å². The van der Waals surface area contributed by atoms with E-state index in [9.17, 15) is 9.59 Å². The first-order valence-electron chi connectivity index (χ1n) is 5.40. The molecule has 0 aromatic carbocycles. The molecular formula is C12H18O4. The molecule has 4 heteroatoms. The van der Waals surface area contributed by atoms with Crippen molar-refractivity contribution in [2.24, 2.45) is 17.3 Å². The highest BCUT2D eigenvalue weighted by molar-refractivity contribution is 5.88. The molecule has 1 aliphatic rings. The molecule has 0 bridgehead atoms. The number of rotatable bonds is 4. The topological polar surface area (TPSA) is 63.6 Å². The minimum atomic E-state index is -0.803. The van der Waals surface area contributed by atoms with Crippen LogP contribution in [0.5, 0.6) is 0 Å². The van der Waals surface area contributed by atoms with E-state index in [1.54, 1.807) is 19.9 Å². The zero-order valence-corrected chi connectivity index (χ0v) is 10.1. The van der Waals surface area contributed by atoms with E-state index in [1.165, 1.54) is 0 Å². The molecule has 0 radical (unpaired) electrons. The number of carbonyl (C=O) groups excluding carboxylic acids is 1. The lowest BCUT2D eigenvalue weighted by molar-refractivity contribution is -0.140. The number of hydrogen-bond acceptors (Lipinski definition) is 3. The summed E-state index contributed by atoms with van der Waals surface area (Å²) in [6.45, 7) is 7.52. The summed E-state index contributed by atoms with van der Waals surface area (Å²) in [5, 5.41) is 8.97. The SMILES string of the molecule is CCOC(=O)/C(C)=C\[C@H]1[C@@H](C(=O)O)C1(C)C. The molecule has 1 N–H and O–H groups in total. The summed E-state index contributed by atoms with van der Waals surface area (Å²) in [5.74, 6) is -1.64. The van der Waals surface area contributed by atoms with E-state index in [4.69, 9.17) is 9.84 Å². The Morgan fingerprint density at radius 3 is 2.38 bits per heavy atom. The van der Waals surface area contributed by atoms with E-state index in [2.05, 4.69) is 0 Å². The monoisotopic (exact) mass is 226 g/mol. The van der Waals surface area contributed by atoms with Crippen LogP contribution in [0.3, 0.4) is 0 Å². The Labute approximate surface area is 95.3 Å². The van der Waals surface area contributed by atoms with Crippen molar-refractivity contribution in [1.29, 1.82) is 0 Å². The third kappa shape index (κ3) is 2.26. The fraction of sp³-hybridized carbons (Fsp3) is 0.667. The molecule has 0 spiro atoms. The second-order valence-corrected chi connectivity index (χ2v) is 4.73. The maximum absolute atomic E-state index is 11.4. The number of esters is 1. The molecule has 0 amide bonds. The maximum Gasteiger partial charge on any atom is 0.333 e. The Morgan fingerprint density at radius 2 is 2.00 bits per heavy atom. The van der Waals surface area contributed by atoms with Gasteiger partial charge in [-0.2, -0.15) is 0 Å². The number of ether oxygens (including phenoxy) is 1. The molecule has 0 aliphatic heterocycles. The van der Waals surface area contributed by atoms with Crippen LogP contribution in [0.4, 0.5) is 0 Å². The number of carbonyl (C=O) groups is 2. The molecule has 1 rings (SSSR count). The van der Waals surface area contributed by atoms with Crippen LogP contribution in [0.1, 0.15) is 27.7 Å². The molecule has 90 valence electrons. The summed E-state index contributed by atoms with van der Waals surface area (Å²) >= 11 is 0. The van der Waals surface area contributed by atoms with Crippen LogP contribution in [0.25, 0.3) is 0 Å². The highest BCUT2D eigenvalue weighted by Gasteiger charge is 2.61. The Morgan fingerprint density at radius 1 is 1.44 bits per heavy atom. The molecular weight excluding hydrogens is 208 g/mol. The Hall–Kier alpha value is -1.32. The number of carboxylic acids is 1. The van der Waals surface area contributed by atoms with Crippen LogP contribution in [0.15, 0.2) is 11.6 Å². The number of aliphatic carboxylic acids is 1. The average molecular weight is 226 g/mol. The molecule has 1 saturated carbocycles. The van der Waals surface area contributed by atoms with Crippen LogP contribution in [0.2, 0.25) is 0 Å². The summed E-state index contributed by atoms with van der Waals surface area (Å²) < 4.78 is 4.84. The molecule has 0 heterocycles. The zero-order valence-electron chi connectivity index (χ0n) is 10.1. The van der Waals surface area contributed by atoms with E-state index in [0.29, 0.717) is 12.2 Å². The van der Waals surface area contributed by atoms with Gasteiger partial charge >= 0.3 is 11.9 Å². The van der Waals surface area contributed by atoms with Crippen LogP contribution >= 0.6 is 0 Å². The summed E-state index contributed by atoms with van der Waals surface area (Å²) in [6.07, 6.45) is 1.72. The van der Waals surface area contributed by atoms with E-state index < -0.39 is 11.9 Å². The number of carboxylic acid groups (broad SMARTS) is 1. The molecule has 0 aromatic rings. The molecule has 1 aliphatic carbocycles. The van der Waals surface area contributed by atoms with E-state index in [0.717, 1.165) is 0 Å². The Kier molecular flexibility index (Phi) is 3.41. The zero-order chi connectivity index (χ0) is 12.5. The normalized spacial score (nSPS) is 27.4. The van der Waals surface area contributed by atoms with Crippen molar-refractivity contribution in [3.8, 4) is 0 Å². The summed E-state index contributed by atoms with van der Waals surface area (Å²) in [6, 6.07) is 0. The third-order valence-corrected chi connectivity index (χ3v) is 3.20. The van der Waals surface area contributed by atoms with Gasteiger partial charge in [-0.25, -0.2) is 4.79 Å². The van der Waals surface area contributed by atoms with Gasteiger partial charge in [0.2, 0.25) is 0 Å². The van der Waals surface area contributed by atoms with Crippen molar-refractivity contribution in [3.05, 3.63) is 11.6 Å². The minimum Gasteiger partial charge on any atom is -0.481 e. The van der Waals surface area contributed by atoms with Gasteiger partial charge in [0.25, 0.3) is 0 Å². The second-order valence-electron chi connectivity index (χ2n) is 4.73. The Balaban J connectivity index is 2.72. The van der Waals surface area contributed by atoms with Gasteiger partial charge < -0.3 is 9.84 Å². The fourth-order valence-corrected chi connectivity index (χ4v) is 2.04. The van der Waals surface area contributed by atoms with Crippen molar-refractivity contribution in [3.63, 3.8) is 0 Å². The van der Waals surface area contributed by atoms with Gasteiger partial charge in [-0.05, 0) is 25.2 Å². The van der Waals surface area contributed by atoms with Crippen LogP contribution in [-0.4, -0.2) is 23.7 Å². The largest absolute Gasteiger partial charge is 0.481 e. The summed E-state index contributed by atoms with van der Waals surface area (Å²) in [5.41, 5.74) is 0.225. The van der Waals surface area contributed by atoms with E-state index >= 15 is 0 Å². The fourth-order valence-electron chi connectivity index (χ4n) is 2.04. The molecule has 0 unspecified atom stereocenters. The van der Waals surface area contributed by atoms with Gasteiger partial charge in [0.15, 0.2) is 0 Å². The second kappa shape index (κ2) is 4.28. The molecule has 1 fully saturated rings. The third-order valence-electron chi connectivity index (χ3n) is 3.20. The van der Waals surface area contributed by atoms with Gasteiger partial charge in [-0.15, -0.1) is 0 Å². The lowest BCUT2D eigenvalue weighted by atomic mass is 10.1. The highest BCUT2D eigenvalue weighted by atomic mass is 16.5. The van der Waals surface area contributed by atoms with Crippen molar-refractivity contribution in [2.75, 3.05) is 6.61 Å². The predicted molar refractivity (Wildman–Crippen MR) is 58.8 cm³/mol. The summed E-state index contributed by atoms with van der Waals surface area (Å²) in [4.78, 5) is 22.3. The maximum atomic E-state index is 11.4. The first-order valence-corrected chi connectivity index (χ1v) is 5.40. The van der Waals surface area contributed by atoms with Crippen LogP contribution in [0, 0.1) is 17.3 Å². The van der Waals surface area contributed by atoms with Gasteiger partial charge in [-0.3, -0.25) is 4.79 Å². The quantitative estimate of drug-likeness (QED) is 0.587. The first kappa shape index (κ1) is 12.7.